The second-order valence-corrected chi connectivity index (χ2v) is 5.90. The first-order chi connectivity index (χ1) is 10.8. The average molecular weight is 338 g/mol. The number of likely N-dealkylation sites (tertiary alicyclic amines) is 1. The SMILES string of the molecule is Cl.NCCNC(=O)C1CCCN(Cc2cc3ccccc3o2)C1. The molecule has 1 aromatic heterocycles. The van der Waals surface area contributed by atoms with Crippen molar-refractivity contribution < 1.29 is 9.21 Å². The number of halogens is 1. The van der Waals surface area contributed by atoms with Gasteiger partial charge in [-0.2, -0.15) is 0 Å². The molecule has 0 aliphatic carbocycles. The summed E-state index contributed by atoms with van der Waals surface area (Å²) in [7, 11) is 0. The van der Waals surface area contributed by atoms with Crippen molar-refractivity contribution in [2.75, 3.05) is 26.2 Å². The lowest BCUT2D eigenvalue weighted by Crippen LogP contribution is -2.43. The minimum Gasteiger partial charge on any atom is -0.460 e. The standard InChI is InChI=1S/C17H23N3O2.ClH/c18-7-8-19-17(21)14-5-3-9-20(11-14)12-15-10-13-4-1-2-6-16(13)22-15;/h1-2,4,6,10,14H,3,5,7-9,11-12,18H2,(H,19,21);1H. The van der Waals surface area contributed by atoms with Gasteiger partial charge in [0.05, 0.1) is 12.5 Å². The summed E-state index contributed by atoms with van der Waals surface area (Å²) >= 11 is 0. The highest BCUT2D eigenvalue weighted by Gasteiger charge is 2.26. The molecule has 1 aliphatic heterocycles. The number of benzene rings is 1. The summed E-state index contributed by atoms with van der Waals surface area (Å²) in [5.74, 6) is 1.15. The normalized spacial score (nSPS) is 18.6. The molecule has 2 heterocycles. The monoisotopic (exact) mass is 337 g/mol. The summed E-state index contributed by atoms with van der Waals surface area (Å²) in [5, 5.41) is 4.03. The molecular weight excluding hydrogens is 314 g/mol. The van der Waals surface area contributed by atoms with Gasteiger partial charge >= 0.3 is 0 Å². The van der Waals surface area contributed by atoms with Crippen LogP contribution in [-0.2, 0) is 11.3 Å². The van der Waals surface area contributed by atoms with E-state index in [4.69, 9.17) is 10.2 Å². The number of nitrogens with two attached hydrogens (primary N) is 1. The third kappa shape index (κ3) is 4.47. The van der Waals surface area contributed by atoms with Gasteiger partial charge in [0, 0.05) is 25.0 Å². The zero-order chi connectivity index (χ0) is 15.4. The lowest BCUT2D eigenvalue weighted by Gasteiger charge is -2.31. The topological polar surface area (TPSA) is 71.5 Å². The third-order valence-electron chi connectivity index (χ3n) is 4.18. The molecule has 1 saturated heterocycles. The van der Waals surface area contributed by atoms with Crippen LogP contribution in [0.4, 0.5) is 0 Å². The quantitative estimate of drug-likeness (QED) is 0.877. The predicted molar refractivity (Wildman–Crippen MR) is 93.5 cm³/mol. The van der Waals surface area contributed by atoms with E-state index < -0.39 is 0 Å². The second-order valence-electron chi connectivity index (χ2n) is 5.90. The van der Waals surface area contributed by atoms with Crippen molar-refractivity contribution in [3.63, 3.8) is 0 Å². The smallest absolute Gasteiger partial charge is 0.224 e. The van der Waals surface area contributed by atoms with Crippen molar-refractivity contribution in [3.05, 3.63) is 36.1 Å². The molecule has 1 aliphatic rings. The maximum absolute atomic E-state index is 12.1. The molecule has 1 unspecified atom stereocenters. The fourth-order valence-electron chi connectivity index (χ4n) is 3.09. The number of rotatable bonds is 5. The van der Waals surface area contributed by atoms with Crippen LogP contribution in [-0.4, -0.2) is 37.0 Å². The van der Waals surface area contributed by atoms with Crippen molar-refractivity contribution in [2.45, 2.75) is 19.4 Å². The first-order valence-electron chi connectivity index (χ1n) is 7.94. The molecule has 2 aromatic rings. The van der Waals surface area contributed by atoms with E-state index >= 15 is 0 Å². The maximum atomic E-state index is 12.1. The van der Waals surface area contributed by atoms with E-state index in [1.54, 1.807) is 0 Å². The molecule has 5 nitrogen and oxygen atoms in total. The number of fused-ring (bicyclic) bond motifs is 1. The summed E-state index contributed by atoms with van der Waals surface area (Å²) in [6.07, 6.45) is 1.99. The summed E-state index contributed by atoms with van der Waals surface area (Å²) in [6.45, 7) is 3.60. The lowest BCUT2D eigenvalue weighted by atomic mass is 9.97. The number of furan rings is 1. The van der Waals surface area contributed by atoms with E-state index in [9.17, 15) is 4.79 Å². The number of hydrogen-bond donors (Lipinski definition) is 2. The van der Waals surface area contributed by atoms with E-state index in [1.165, 1.54) is 0 Å². The van der Waals surface area contributed by atoms with E-state index in [-0.39, 0.29) is 24.2 Å². The van der Waals surface area contributed by atoms with Gasteiger partial charge in [0.1, 0.15) is 11.3 Å². The lowest BCUT2D eigenvalue weighted by molar-refractivity contribution is -0.126. The van der Waals surface area contributed by atoms with Crippen LogP contribution in [0.15, 0.2) is 34.7 Å². The van der Waals surface area contributed by atoms with Crippen molar-refractivity contribution in [1.29, 1.82) is 0 Å². The fraction of sp³-hybridized carbons (Fsp3) is 0.471. The molecule has 126 valence electrons. The van der Waals surface area contributed by atoms with Crippen molar-refractivity contribution in [2.24, 2.45) is 11.7 Å². The van der Waals surface area contributed by atoms with E-state index in [2.05, 4.69) is 22.3 Å². The summed E-state index contributed by atoms with van der Waals surface area (Å²) in [5.41, 5.74) is 6.36. The van der Waals surface area contributed by atoms with Gasteiger partial charge < -0.3 is 15.5 Å². The molecule has 3 N–H and O–H groups in total. The number of para-hydroxylation sites is 1. The third-order valence-corrected chi connectivity index (χ3v) is 4.18. The van der Waals surface area contributed by atoms with Crippen LogP contribution in [0.3, 0.4) is 0 Å². The first-order valence-corrected chi connectivity index (χ1v) is 7.94. The zero-order valence-electron chi connectivity index (χ0n) is 13.2. The largest absolute Gasteiger partial charge is 0.460 e. The number of carbonyl (C=O) groups is 1. The fourth-order valence-corrected chi connectivity index (χ4v) is 3.09. The molecular formula is C17H24ClN3O2. The molecule has 1 aromatic carbocycles. The van der Waals surface area contributed by atoms with Gasteiger partial charge in [-0.1, -0.05) is 18.2 Å². The highest BCUT2D eigenvalue weighted by atomic mass is 35.5. The van der Waals surface area contributed by atoms with Crippen molar-refractivity contribution in [1.82, 2.24) is 10.2 Å². The summed E-state index contributed by atoms with van der Waals surface area (Å²) < 4.78 is 5.87. The van der Waals surface area contributed by atoms with Crippen molar-refractivity contribution in [3.8, 4) is 0 Å². The van der Waals surface area contributed by atoms with Gasteiger partial charge in [0.2, 0.25) is 5.91 Å². The van der Waals surface area contributed by atoms with E-state index in [0.717, 1.165) is 49.2 Å². The van der Waals surface area contributed by atoms with Gasteiger partial charge in [-0.05, 0) is 31.5 Å². The first kappa shape index (κ1) is 17.8. The highest BCUT2D eigenvalue weighted by Crippen LogP contribution is 2.23. The molecule has 1 amide bonds. The predicted octanol–water partition coefficient (Wildman–Crippen LogP) is 2.14. The Bertz CT molecular complexity index is 611. The van der Waals surface area contributed by atoms with Crippen LogP contribution >= 0.6 is 12.4 Å². The van der Waals surface area contributed by atoms with Crippen LogP contribution < -0.4 is 11.1 Å². The molecule has 0 radical (unpaired) electrons. The van der Waals surface area contributed by atoms with Crippen LogP contribution in [0, 0.1) is 5.92 Å². The maximum Gasteiger partial charge on any atom is 0.224 e. The number of hydrogen-bond acceptors (Lipinski definition) is 4. The van der Waals surface area contributed by atoms with Gasteiger partial charge in [0.25, 0.3) is 0 Å². The van der Waals surface area contributed by atoms with Gasteiger partial charge in [0.15, 0.2) is 0 Å². The van der Waals surface area contributed by atoms with Gasteiger partial charge in [-0.3, -0.25) is 9.69 Å². The Labute approximate surface area is 142 Å². The Morgan fingerprint density at radius 2 is 2.22 bits per heavy atom. The van der Waals surface area contributed by atoms with Crippen LogP contribution in [0.25, 0.3) is 11.0 Å². The number of nitrogens with zero attached hydrogens (tertiary/aromatic N) is 1. The van der Waals surface area contributed by atoms with Crippen LogP contribution in [0.2, 0.25) is 0 Å². The number of nitrogens with one attached hydrogen (secondary N) is 1. The van der Waals surface area contributed by atoms with Gasteiger partial charge in [-0.25, -0.2) is 0 Å². The van der Waals surface area contributed by atoms with E-state index in [0.29, 0.717) is 13.1 Å². The number of piperidine rings is 1. The Balaban J connectivity index is 0.00000192. The summed E-state index contributed by atoms with van der Waals surface area (Å²) in [6, 6.07) is 10.1. The molecule has 0 saturated carbocycles. The Morgan fingerprint density at radius 1 is 1.39 bits per heavy atom. The Hall–Kier alpha value is -1.56. The summed E-state index contributed by atoms with van der Waals surface area (Å²) in [4.78, 5) is 14.4. The van der Waals surface area contributed by atoms with E-state index in [1.807, 2.05) is 18.2 Å². The minimum atomic E-state index is 0. The van der Waals surface area contributed by atoms with Crippen molar-refractivity contribution >= 4 is 29.3 Å². The van der Waals surface area contributed by atoms with Crippen LogP contribution in [0.5, 0.6) is 0 Å². The molecule has 23 heavy (non-hydrogen) atoms. The average Bonchev–Trinajstić information content (AvgIpc) is 2.95. The number of amides is 1. The molecule has 0 spiro atoms. The highest BCUT2D eigenvalue weighted by molar-refractivity contribution is 5.85. The Morgan fingerprint density at radius 3 is 3.00 bits per heavy atom. The molecule has 1 atom stereocenters. The second kappa shape index (κ2) is 8.34. The minimum absolute atomic E-state index is 0. The molecule has 3 rings (SSSR count). The molecule has 0 bridgehead atoms. The zero-order valence-corrected chi connectivity index (χ0v) is 14.0. The molecule has 6 heteroatoms. The Kier molecular flexibility index (Phi) is 6.45. The van der Waals surface area contributed by atoms with Gasteiger partial charge in [-0.15, -0.1) is 12.4 Å². The number of carbonyl (C=O) groups excluding carboxylic acids is 1. The molecule has 1 fully saturated rings. The van der Waals surface area contributed by atoms with Crippen LogP contribution in [0.1, 0.15) is 18.6 Å².